The normalized spacial score (nSPS) is 13.5. The van der Waals surface area contributed by atoms with Crippen molar-refractivity contribution >= 4 is 51.8 Å². The Labute approximate surface area is 189 Å². The highest BCUT2D eigenvalue weighted by molar-refractivity contribution is 6.42. The van der Waals surface area contributed by atoms with Gasteiger partial charge in [0, 0.05) is 24.2 Å². The van der Waals surface area contributed by atoms with Crippen LogP contribution in [0.5, 0.6) is 0 Å². The van der Waals surface area contributed by atoms with E-state index in [1.165, 1.54) is 6.08 Å². The molecule has 1 aliphatic rings. The molecule has 33 heavy (non-hydrogen) atoms. The summed E-state index contributed by atoms with van der Waals surface area (Å²) in [5.41, 5.74) is 3.31. The maximum absolute atomic E-state index is 13.0. The van der Waals surface area contributed by atoms with E-state index in [0.29, 0.717) is 22.6 Å². The number of nitrogens with zero attached hydrogens (tertiary/aromatic N) is 2. The second kappa shape index (κ2) is 7.28. The molecule has 2 heterocycles. The van der Waals surface area contributed by atoms with Crippen molar-refractivity contribution in [1.29, 1.82) is 0 Å². The topological polar surface area (TPSA) is 65.1 Å². The number of imidazole rings is 1. The summed E-state index contributed by atoms with van der Waals surface area (Å²) in [5.74, 6) is 0.621. The lowest BCUT2D eigenvalue weighted by molar-refractivity contribution is 0.0990. The molecule has 158 valence electrons. The van der Waals surface area contributed by atoms with Gasteiger partial charge in [-0.15, -0.1) is 0 Å². The number of fused-ring (bicyclic) bond motifs is 3. The minimum atomic E-state index is -0.277. The Hall–Kier alpha value is -4.51. The molecule has 1 aliphatic carbocycles. The summed E-state index contributed by atoms with van der Waals surface area (Å²) in [6.45, 7) is 0. The third kappa shape index (κ3) is 3.13. The summed E-state index contributed by atoms with van der Waals surface area (Å²) in [5, 5.41) is 1.87. The number of carbonyl (C=O) groups is 2. The monoisotopic (exact) mass is 430 g/mol. The number of Topliss-reactive ketones (excluding diaryl/α,β-unsaturated/α-hetero) is 2. The van der Waals surface area contributed by atoms with Gasteiger partial charge in [-0.3, -0.25) is 9.59 Å². The molecule has 0 fully saturated rings. The summed E-state index contributed by atoms with van der Waals surface area (Å²) in [7, 11) is 1.90. The lowest BCUT2D eigenvalue weighted by atomic mass is 10.0. The van der Waals surface area contributed by atoms with Gasteiger partial charge in [0.05, 0.1) is 5.57 Å². The van der Waals surface area contributed by atoms with Gasteiger partial charge in [0.25, 0.3) is 0 Å². The maximum Gasteiger partial charge on any atom is 0.245 e. The fraction of sp³-hybridized carbons (Fsp3) is 0.0357. The van der Waals surface area contributed by atoms with Gasteiger partial charge in [-0.1, -0.05) is 60.7 Å². The minimum Gasteiger partial charge on any atom is -0.437 e. The van der Waals surface area contributed by atoms with Gasteiger partial charge in [-0.05, 0) is 40.6 Å². The molecule has 5 heteroatoms. The quantitative estimate of drug-likeness (QED) is 0.262. The number of rotatable bonds is 3. The van der Waals surface area contributed by atoms with Crippen LogP contribution in [0.25, 0.3) is 40.2 Å². The molecular formula is C28H18N2O3. The molecule has 0 amide bonds. The SMILES string of the molecule is Cn1c(/C=C/c2ccccc2)nc2oc(C=C3C(=O)c4cc5ccccc5cc4C3=O)cc21. The molecule has 3 aromatic carbocycles. The number of hydrogen-bond donors (Lipinski definition) is 0. The third-order valence-corrected chi connectivity index (χ3v) is 6.01. The van der Waals surface area contributed by atoms with E-state index in [0.717, 1.165) is 27.7 Å². The van der Waals surface area contributed by atoms with Gasteiger partial charge in [0.2, 0.25) is 5.71 Å². The Kier molecular flexibility index (Phi) is 4.23. The Bertz CT molecular complexity index is 1590. The van der Waals surface area contributed by atoms with Gasteiger partial charge < -0.3 is 8.98 Å². The number of furan rings is 1. The molecule has 5 nitrogen and oxygen atoms in total. The van der Waals surface area contributed by atoms with Gasteiger partial charge in [0.15, 0.2) is 11.6 Å². The molecule has 0 radical (unpaired) electrons. The highest BCUT2D eigenvalue weighted by Crippen LogP contribution is 2.32. The number of allylic oxidation sites excluding steroid dienone is 1. The van der Waals surface area contributed by atoms with Gasteiger partial charge in [0.1, 0.15) is 17.1 Å². The molecule has 0 saturated carbocycles. The zero-order chi connectivity index (χ0) is 22.5. The molecule has 0 aliphatic heterocycles. The number of aromatic nitrogens is 2. The van der Waals surface area contributed by atoms with Crippen LogP contribution in [0.1, 0.15) is 37.9 Å². The van der Waals surface area contributed by atoms with Crippen LogP contribution in [0.2, 0.25) is 0 Å². The second-order valence-corrected chi connectivity index (χ2v) is 8.07. The van der Waals surface area contributed by atoms with E-state index < -0.39 is 0 Å². The Balaban J connectivity index is 1.35. The number of ketones is 2. The van der Waals surface area contributed by atoms with E-state index in [1.54, 1.807) is 18.2 Å². The highest BCUT2D eigenvalue weighted by atomic mass is 16.3. The van der Waals surface area contributed by atoms with Crippen molar-refractivity contribution in [1.82, 2.24) is 9.55 Å². The van der Waals surface area contributed by atoms with Crippen molar-refractivity contribution in [3.05, 3.63) is 107 Å². The molecule has 0 unspecified atom stereocenters. The molecule has 5 aromatic rings. The lowest BCUT2D eigenvalue weighted by Gasteiger charge is -2.00. The van der Waals surface area contributed by atoms with E-state index in [1.807, 2.05) is 78.4 Å². The summed E-state index contributed by atoms with van der Waals surface area (Å²) < 4.78 is 7.79. The van der Waals surface area contributed by atoms with Crippen LogP contribution in [0, 0.1) is 0 Å². The zero-order valence-electron chi connectivity index (χ0n) is 17.8. The first-order valence-corrected chi connectivity index (χ1v) is 10.6. The van der Waals surface area contributed by atoms with Crippen molar-refractivity contribution in [2.24, 2.45) is 7.05 Å². The van der Waals surface area contributed by atoms with Gasteiger partial charge in [-0.2, -0.15) is 4.98 Å². The number of hydrogen-bond acceptors (Lipinski definition) is 4. The number of benzene rings is 3. The molecule has 0 spiro atoms. The molecule has 0 atom stereocenters. The Morgan fingerprint density at radius 2 is 1.45 bits per heavy atom. The average molecular weight is 430 g/mol. The van der Waals surface area contributed by atoms with Crippen molar-refractivity contribution in [3.8, 4) is 0 Å². The fourth-order valence-electron chi connectivity index (χ4n) is 4.25. The average Bonchev–Trinajstić information content (AvgIpc) is 3.44. The van der Waals surface area contributed by atoms with E-state index in [4.69, 9.17) is 4.42 Å². The van der Waals surface area contributed by atoms with Crippen LogP contribution in [0.4, 0.5) is 0 Å². The summed E-state index contributed by atoms with van der Waals surface area (Å²) in [4.78, 5) is 30.5. The zero-order valence-corrected chi connectivity index (χ0v) is 17.8. The highest BCUT2D eigenvalue weighted by Gasteiger charge is 2.33. The maximum atomic E-state index is 13.0. The number of aryl methyl sites for hydroxylation is 1. The van der Waals surface area contributed by atoms with Crippen LogP contribution in [0.15, 0.2) is 82.8 Å². The Morgan fingerprint density at radius 3 is 2.09 bits per heavy atom. The Morgan fingerprint density at radius 1 is 0.818 bits per heavy atom. The summed E-state index contributed by atoms with van der Waals surface area (Å²) in [6.07, 6.45) is 5.44. The van der Waals surface area contributed by atoms with Crippen LogP contribution < -0.4 is 0 Å². The van der Waals surface area contributed by atoms with Crippen molar-refractivity contribution in [3.63, 3.8) is 0 Å². The molecule has 0 saturated heterocycles. The van der Waals surface area contributed by atoms with Crippen LogP contribution in [-0.2, 0) is 7.05 Å². The smallest absolute Gasteiger partial charge is 0.245 e. The first kappa shape index (κ1) is 19.2. The van der Waals surface area contributed by atoms with Gasteiger partial charge >= 0.3 is 0 Å². The first-order chi connectivity index (χ1) is 16.1. The van der Waals surface area contributed by atoms with E-state index >= 15 is 0 Å². The standard InChI is InChI=1S/C28H18N2O3/c1-30-24-16-20(33-28(24)29-25(30)12-11-17-7-3-2-4-8-17)15-23-26(31)21-13-18-9-5-6-10-19(18)14-22(21)27(23)32/h2-16H,1H3/b12-11+. The van der Waals surface area contributed by atoms with E-state index in [9.17, 15) is 9.59 Å². The van der Waals surface area contributed by atoms with E-state index in [-0.39, 0.29) is 17.1 Å². The molecule has 0 N–H and O–H groups in total. The molecule has 0 bridgehead atoms. The molecule has 2 aromatic heterocycles. The fourth-order valence-corrected chi connectivity index (χ4v) is 4.25. The predicted octanol–water partition coefficient (Wildman–Crippen LogP) is 5.95. The largest absolute Gasteiger partial charge is 0.437 e. The van der Waals surface area contributed by atoms with Crippen molar-refractivity contribution in [2.75, 3.05) is 0 Å². The van der Waals surface area contributed by atoms with Crippen molar-refractivity contribution in [2.45, 2.75) is 0 Å². The van der Waals surface area contributed by atoms with Crippen LogP contribution in [-0.4, -0.2) is 21.1 Å². The van der Waals surface area contributed by atoms with Crippen LogP contribution >= 0.6 is 0 Å². The van der Waals surface area contributed by atoms with Crippen LogP contribution in [0.3, 0.4) is 0 Å². The van der Waals surface area contributed by atoms with Crippen molar-refractivity contribution < 1.29 is 14.0 Å². The second-order valence-electron chi connectivity index (χ2n) is 8.07. The first-order valence-electron chi connectivity index (χ1n) is 10.6. The summed E-state index contributed by atoms with van der Waals surface area (Å²) >= 11 is 0. The third-order valence-electron chi connectivity index (χ3n) is 6.01. The molecule has 6 rings (SSSR count). The summed E-state index contributed by atoms with van der Waals surface area (Å²) in [6, 6.07) is 23.1. The van der Waals surface area contributed by atoms with Gasteiger partial charge in [-0.25, -0.2) is 0 Å². The lowest BCUT2D eigenvalue weighted by Crippen LogP contribution is -1.99. The number of carbonyl (C=O) groups excluding carboxylic acids is 2. The van der Waals surface area contributed by atoms with E-state index in [2.05, 4.69) is 4.98 Å². The predicted molar refractivity (Wildman–Crippen MR) is 129 cm³/mol. The minimum absolute atomic E-state index is 0.114. The molecular weight excluding hydrogens is 412 g/mol.